The van der Waals surface area contributed by atoms with Crippen LogP contribution in [0.15, 0.2) is 18.2 Å². The molecule has 0 heterocycles. The van der Waals surface area contributed by atoms with Crippen LogP contribution in [0.3, 0.4) is 0 Å². The summed E-state index contributed by atoms with van der Waals surface area (Å²) in [7, 11) is 0. The Morgan fingerprint density at radius 3 is 2.62 bits per heavy atom. The summed E-state index contributed by atoms with van der Waals surface area (Å²) in [5.41, 5.74) is 2.87. The van der Waals surface area contributed by atoms with E-state index in [2.05, 4.69) is 51.6 Å². The molecule has 0 unspecified atom stereocenters. The number of ether oxygens (including phenoxy) is 1. The van der Waals surface area contributed by atoms with Crippen molar-refractivity contribution in [2.75, 3.05) is 12.4 Å². The summed E-state index contributed by atoms with van der Waals surface area (Å²) in [5, 5.41) is 0. The molecule has 0 saturated carbocycles. The summed E-state index contributed by atoms with van der Waals surface area (Å²) < 4.78 is 5.60. The molecule has 0 amide bonds. The van der Waals surface area contributed by atoms with Crippen molar-refractivity contribution in [1.29, 1.82) is 0 Å². The second-order valence-electron chi connectivity index (χ2n) is 4.34. The van der Waals surface area contributed by atoms with E-state index in [4.69, 9.17) is 4.74 Å². The first kappa shape index (κ1) is 13.4. The fourth-order valence-corrected chi connectivity index (χ4v) is 1.95. The van der Waals surface area contributed by atoms with Crippen LogP contribution in [0.2, 0.25) is 0 Å². The van der Waals surface area contributed by atoms with Gasteiger partial charge in [-0.1, -0.05) is 33.3 Å². The molecule has 0 spiro atoms. The van der Waals surface area contributed by atoms with Crippen LogP contribution in [0, 0.1) is 0 Å². The van der Waals surface area contributed by atoms with Crippen molar-refractivity contribution in [2.24, 2.45) is 0 Å². The molecule has 0 saturated heterocycles. The Balaban J connectivity index is 2.88. The molecule has 1 aromatic rings. The molecule has 0 bridgehead atoms. The summed E-state index contributed by atoms with van der Waals surface area (Å²) in [4.78, 5) is 0. The first-order chi connectivity index (χ1) is 7.69. The van der Waals surface area contributed by atoms with Gasteiger partial charge in [-0.05, 0) is 35.6 Å². The highest BCUT2D eigenvalue weighted by atomic mass is 32.1. The summed E-state index contributed by atoms with van der Waals surface area (Å²) in [6.07, 6.45) is 2.34. The van der Waals surface area contributed by atoms with Gasteiger partial charge in [-0.2, -0.15) is 12.6 Å². The topological polar surface area (TPSA) is 9.23 Å². The van der Waals surface area contributed by atoms with Gasteiger partial charge in [0.25, 0.3) is 0 Å². The van der Waals surface area contributed by atoms with E-state index in [1.54, 1.807) is 0 Å². The summed E-state index contributed by atoms with van der Waals surface area (Å²) >= 11 is 4.15. The molecule has 1 aromatic carbocycles. The van der Waals surface area contributed by atoms with Crippen LogP contribution in [0.25, 0.3) is 0 Å². The van der Waals surface area contributed by atoms with E-state index in [0.29, 0.717) is 12.5 Å². The van der Waals surface area contributed by atoms with E-state index in [-0.39, 0.29) is 0 Å². The minimum absolute atomic E-state index is 0.557. The van der Waals surface area contributed by atoms with Gasteiger partial charge in [0.1, 0.15) is 5.75 Å². The van der Waals surface area contributed by atoms with Crippen molar-refractivity contribution in [3.63, 3.8) is 0 Å². The van der Waals surface area contributed by atoms with Gasteiger partial charge in [0.2, 0.25) is 0 Å². The molecule has 1 rings (SSSR count). The molecule has 1 nitrogen and oxygen atoms in total. The first-order valence-corrected chi connectivity index (χ1v) is 6.68. The van der Waals surface area contributed by atoms with Crippen molar-refractivity contribution >= 4 is 12.6 Å². The molecular formula is C14H22OS. The second-order valence-corrected chi connectivity index (χ2v) is 4.78. The SMILES string of the molecule is CCCc1ccc(OCCS)cc1C(C)C. The van der Waals surface area contributed by atoms with E-state index in [1.807, 2.05) is 0 Å². The largest absolute Gasteiger partial charge is 0.493 e. The van der Waals surface area contributed by atoms with Crippen molar-refractivity contribution in [3.8, 4) is 5.75 Å². The van der Waals surface area contributed by atoms with E-state index in [1.165, 1.54) is 17.5 Å². The van der Waals surface area contributed by atoms with Crippen LogP contribution in [0.5, 0.6) is 5.75 Å². The van der Waals surface area contributed by atoms with Gasteiger partial charge in [-0.15, -0.1) is 0 Å². The van der Waals surface area contributed by atoms with Gasteiger partial charge in [0, 0.05) is 5.75 Å². The fourth-order valence-electron chi connectivity index (χ4n) is 1.86. The Morgan fingerprint density at radius 1 is 1.31 bits per heavy atom. The number of hydrogen-bond acceptors (Lipinski definition) is 2. The van der Waals surface area contributed by atoms with E-state index in [0.717, 1.165) is 17.9 Å². The maximum Gasteiger partial charge on any atom is 0.119 e. The number of thiol groups is 1. The van der Waals surface area contributed by atoms with Crippen LogP contribution in [0.1, 0.15) is 44.2 Å². The maximum atomic E-state index is 5.60. The van der Waals surface area contributed by atoms with Crippen LogP contribution >= 0.6 is 12.6 Å². The average molecular weight is 238 g/mol. The van der Waals surface area contributed by atoms with E-state index < -0.39 is 0 Å². The molecule has 0 aliphatic rings. The van der Waals surface area contributed by atoms with Gasteiger partial charge in [0.15, 0.2) is 0 Å². The molecule has 0 atom stereocenters. The summed E-state index contributed by atoms with van der Waals surface area (Å²) in [6.45, 7) is 7.36. The highest BCUT2D eigenvalue weighted by molar-refractivity contribution is 7.80. The summed E-state index contributed by atoms with van der Waals surface area (Å²) in [6, 6.07) is 6.45. The number of aryl methyl sites for hydroxylation is 1. The lowest BCUT2D eigenvalue weighted by Crippen LogP contribution is -2.01. The molecule has 0 N–H and O–H groups in total. The van der Waals surface area contributed by atoms with E-state index >= 15 is 0 Å². The third kappa shape index (κ3) is 3.75. The Morgan fingerprint density at radius 2 is 2.06 bits per heavy atom. The molecule has 0 radical (unpaired) electrons. The molecule has 0 fully saturated rings. The Hall–Kier alpha value is -0.630. The van der Waals surface area contributed by atoms with Crippen LogP contribution in [-0.4, -0.2) is 12.4 Å². The molecule has 90 valence electrons. The van der Waals surface area contributed by atoms with Gasteiger partial charge < -0.3 is 4.74 Å². The van der Waals surface area contributed by atoms with Crippen LogP contribution in [-0.2, 0) is 6.42 Å². The standard InChI is InChI=1S/C14H22OS/c1-4-5-12-6-7-13(15-8-9-16)10-14(12)11(2)3/h6-7,10-11,16H,4-5,8-9H2,1-3H3. The zero-order chi connectivity index (χ0) is 12.0. The minimum atomic E-state index is 0.557. The lowest BCUT2D eigenvalue weighted by molar-refractivity contribution is 0.343. The molecular weight excluding hydrogens is 216 g/mol. The van der Waals surface area contributed by atoms with E-state index in [9.17, 15) is 0 Å². The Labute approximate surface area is 105 Å². The van der Waals surface area contributed by atoms with Gasteiger partial charge in [-0.3, -0.25) is 0 Å². The van der Waals surface area contributed by atoms with Crippen molar-refractivity contribution < 1.29 is 4.74 Å². The molecule has 0 aliphatic heterocycles. The first-order valence-electron chi connectivity index (χ1n) is 6.05. The van der Waals surface area contributed by atoms with Crippen molar-refractivity contribution in [3.05, 3.63) is 29.3 Å². The lowest BCUT2D eigenvalue weighted by atomic mass is 9.94. The second kappa shape index (κ2) is 6.85. The lowest BCUT2D eigenvalue weighted by Gasteiger charge is -2.14. The predicted octanol–water partition coefficient (Wildman–Crippen LogP) is 4.07. The van der Waals surface area contributed by atoms with Crippen molar-refractivity contribution in [1.82, 2.24) is 0 Å². The van der Waals surface area contributed by atoms with Crippen LogP contribution < -0.4 is 4.74 Å². The Bertz CT molecular complexity index is 321. The number of benzene rings is 1. The minimum Gasteiger partial charge on any atom is -0.493 e. The number of rotatable bonds is 6. The van der Waals surface area contributed by atoms with Gasteiger partial charge in [0.05, 0.1) is 6.61 Å². The number of hydrogen-bond donors (Lipinski definition) is 1. The van der Waals surface area contributed by atoms with Gasteiger partial charge in [-0.25, -0.2) is 0 Å². The molecule has 16 heavy (non-hydrogen) atoms. The average Bonchev–Trinajstić information content (AvgIpc) is 2.27. The fraction of sp³-hybridized carbons (Fsp3) is 0.571. The van der Waals surface area contributed by atoms with Crippen LogP contribution in [0.4, 0.5) is 0 Å². The third-order valence-corrected chi connectivity index (χ3v) is 2.80. The monoisotopic (exact) mass is 238 g/mol. The molecule has 0 aromatic heterocycles. The highest BCUT2D eigenvalue weighted by Gasteiger charge is 2.07. The zero-order valence-electron chi connectivity index (χ0n) is 10.5. The normalized spacial score (nSPS) is 10.8. The zero-order valence-corrected chi connectivity index (χ0v) is 11.4. The molecule has 0 aliphatic carbocycles. The highest BCUT2D eigenvalue weighted by Crippen LogP contribution is 2.25. The van der Waals surface area contributed by atoms with Crippen molar-refractivity contribution in [2.45, 2.75) is 39.5 Å². The third-order valence-electron chi connectivity index (χ3n) is 2.62. The maximum absolute atomic E-state index is 5.60. The predicted molar refractivity (Wildman–Crippen MR) is 73.9 cm³/mol. The van der Waals surface area contributed by atoms with Gasteiger partial charge >= 0.3 is 0 Å². The summed E-state index contributed by atoms with van der Waals surface area (Å²) in [5.74, 6) is 2.28. The Kier molecular flexibility index (Phi) is 5.75. The molecule has 2 heteroatoms. The smallest absolute Gasteiger partial charge is 0.119 e. The quantitative estimate of drug-likeness (QED) is 0.735.